The third kappa shape index (κ3) is 5.64. The molecule has 1 aromatic rings. The molecule has 0 aromatic heterocycles. The van der Waals surface area contributed by atoms with Crippen LogP contribution < -0.4 is 10.6 Å². The van der Waals surface area contributed by atoms with Crippen molar-refractivity contribution < 1.29 is 14.7 Å². The lowest BCUT2D eigenvalue weighted by molar-refractivity contribution is -0.120. The quantitative estimate of drug-likeness (QED) is 0.718. The number of amides is 2. The van der Waals surface area contributed by atoms with E-state index in [1.54, 1.807) is 24.3 Å². The average Bonchev–Trinajstić information content (AvgIpc) is 2.62. The molecule has 24 heavy (non-hydrogen) atoms. The smallest absolute Gasteiger partial charge is 0.251 e. The first kappa shape index (κ1) is 18.5. The lowest BCUT2D eigenvalue weighted by Gasteiger charge is -2.20. The van der Waals surface area contributed by atoms with Gasteiger partial charge in [-0.1, -0.05) is 32.3 Å². The molecular formula is C19H28N2O3. The van der Waals surface area contributed by atoms with Gasteiger partial charge in [-0.15, -0.1) is 0 Å². The maximum absolute atomic E-state index is 12.3. The molecule has 1 saturated carbocycles. The van der Waals surface area contributed by atoms with Crippen LogP contribution in [0.5, 0.6) is 0 Å². The van der Waals surface area contributed by atoms with Gasteiger partial charge in [-0.3, -0.25) is 9.59 Å². The van der Waals surface area contributed by atoms with E-state index in [9.17, 15) is 14.7 Å². The van der Waals surface area contributed by atoms with Crippen LogP contribution in [0.15, 0.2) is 24.3 Å². The Bertz CT molecular complexity index is 553. The number of nitrogens with one attached hydrogen (secondary N) is 2. The highest BCUT2D eigenvalue weighted by Gasteiger charge is 2.21. The van der Waals surface area contributed by atoms with Crippen molar-refractivity contribution >= 4 is 17.5 Å². The van der Waals surface area contributed by atoms with Crippen LogP contribution in [0.1, 0.15) is 62.2 Å². The van der Waals surface area contributed by atoms with Crippen LogP contribution in [0.4, 0.5) is 5.69 Å². The first-order valence-corrected chi connectivity index (χ1v) is 8.97. The number of aliphatic hydroxyl groups excluding tert-OH is 1. The maximum Gasteiger partial charge on any atom is 0.251 e. The Balaban J connectivity index is 1.88. The molecular weight excluding hydrogens is 304 g/mol. The van der Waals surface area contributed by atoms with Gasteiger partial charge in [0.15, 0.2) is 0 Å². The molecule has 1 unspecified atom stereocenters. The molecule has 1 aliphatic carbocycles. The summed E-state index contributed by atoms with van der Waals surface area (Å²) in [6.45, 7) is 2.34. The van der Waals surface area contributed by atoms with Crippen molar-refractivity contribution in [3.05, 3.63) is 29.8 Å². The van der Waals surface area contributed by atoms with Crippen molar-refractivity contribution in [2.24, 2.45) is 5.92 Å². The Hall–Kier alpha value is -1.88. The molecule has 1 fully saturated rings. The van der Waals surface area contributed by atoms with Gasteiger partial charge in [0, 0.05) is 23.7 Å². The third-order valence-electron chi connectivity index (χ3n) is 4.60. The lowest BCUT2D eigenvalue weighted by atomic mass is 9.88. The van der Waals surface area contributed by atoms with Gasteiger partial charge >= 0.3 is 0 Å². The van der Waals surface area contributed by atoms with E-state index < -0.39 is 0 Å². The predicted octanol–water partition coefficient (Wildman–Crippen LogP) is 3.10. The zero-order valence-corrected chi connectivity index (χ0v) is 14.4. The maximum atomic E-state index is 12.3. The van der Waals surface area contributed by atoms with Crippen molar-refractivity contribution in [3.8, 4) is 0 Å². The van der Waals surface area contributed by atoms with Crippen LogP contribution in [0.25, 0.3) is 0 Å². The summed E-state index contributed by atoms with van der Waals surface area (Å²) in [6.07, 6.45) is 6.18. The predicted molar refractivity (Wildman–Crippen MR) is 94.9 cm³/mol. The van der Waals surface area contributed by atoms with Gasteiger partial charge in [-0.2, -0.15) is 0 Å². The highest BCUT2D eigenvalue weighted by Crippen LogP contribution is 2.25. The molecule has 132 valence electrons. The van der Waals surface area contributed by atoms with E-state index in [-0.39, 0.29) is 23.8 Å². The summed E-state index contributed by atoms with van der Waals surface area (Å²) in [4.78, 5) is 24.4. The van der Waals surface area contributed by atoms with Crippen molar-refractivity contribution in [3.63, 3.8) is 0 Å². The lowest BCUT2D eigenvalue weighted by Crippen LogP contribution is -2.27. The number of benzene rings is 1. The Morgan fingerprint density at radius 1 is 1.25 bits per heavy atom. The van der Waals surface area contributed by atoms with E-state index in [1.165, 1.54) is 6.42 Å². The third-order valence-corrected chi connectivity index (χ3v) is 4.60. The average molecular weight is 332 g/mol. The number of anilines is 1. The molecule has 1 aliphatic rings. The summed E-state index contributed by atoms with van der Waals surface area (Å²) < 4.78 is 0. The summed E-state index contributed by atoms with van der Waals surface area (Å²) in [5.74, 6) is -0.0443. The number of hydrogen-bond acceptors (Lipinski definition) is 3. The summed E-state index contributed by atoms with van der Waals surface area (Å²) in [5.41, 5.74) is 1.18. The van der Waals surface area contributed by atoms with Crippen LogP contribution in [0.2, 0.25) is 0 Å². The molecule has 0 radical (unpaired) electrons. The first-order valence-electron chi connectivity index (χ1n) is 8.97. The minimum absolute atomic E-state index is 0.0540. The van der Waals surface area contributed by atoms with Gasteiger partial charge in [0.1, 0.15) is 0 Å². The molecule has 5 nitrogen and oxygen atoms in total. The number of aliphatic hydroxyl groups is 1. The van der Waals surface area contributed by atoms with E-state index in [1.807, 2.05) is 6.92 Å². The van der Waals surface area contributed by atoms with Crippen molar-refractivity contribution in [1.82, 2.24) is 5.32 Å². The van der Waals surface area contributed by atoms with Gasteiger partial charge in [0.2, 0.25) is 5.91 Å². The molecule has 0 bridgehead atoms. The van der Waals surface area contributed by atoms with Crippen LogP contribution in [0, 0.1) is 5.92 Å². The number of carbonyl (C=O) groups is 2. The van der Waals surface area contributed by atoms with Crippen LogP contribution >= 0.6 is 0 Å². The van der Waals surface area contributed by atoms with E-state index in [0.717, 1.165) is 25.7 Å². The summed E-state index contributed by atoms with van der Waals surface area (Å²) in [7, 11) is 0. The minimum atomic E-state index is -0.383. The van der Waals surface area contributed by atoms with E-state index in [2.05, 4.69) is 10.6 Å². The first-order chi connectivity index (χ1) is 11.6. The highest BCUT2D eigenvalue weighted by molar-refractivity contribution is 5.97. The second-order valence-corrected chi connectivity index (χ2v) is 6.51. The standard InChI is InChI=1S/C19H28N2O3/c1-2-17(22)11-12-20-18(23)15-9-6-10-16(13-15)21-19(24)14-7-4-3-5-8-14/h6,9-10,13-14,17,22H,2-5,7-8,11-12H2,1H3,(H,20,23)(H,21,24). The molecule has 2 amide bonds. The molecule has 1 aromatic carbocycles. The molecule has 1 atom stereocenters. The van der Waals surface area contributed by atoms with E-state index >= 15 is 0 Å². The SMILES string of the molecule is CCC(O)CCNC(=O)c1cccc(NC(=O)C2CCCCC2)c1. The molecule has 2 rings (SSSR count). The zero-order chi connectivity index (χ0) is 17.4. The van der Waals surface area contributed by atoms with Gasteiger partial charge in [-0.25, -0.2) is 0 Å². The molecule has 3 N–H and O–H groups in total. The summed E-state index contributed by atoms with van der Waals surface area (Å²) in [6, 6.07) is 7.00. The fraction of sp³-hybridized carbons (Fsp3) is 0.579. The molecule has 0 saturated heterocycles. The van der Waals surface area contributed by atoms with Crippen molar-refractivity contribution in [2.75, 3.05) is 11.9 Å². The Labute approximate surface area is 143 Å². The highest BCUT2D eigenvalue weighted by atomic mass is 16.3. The zero-order valence-electron chi connectivity index (χ0n) is 14.4. The normalized spacial score (nSPS) is 16.4. The largest absolute Gasteiger partial charge is 0.393 e. The number of hydrogen-bond donors (Lipinski definition) is 3. The molecule has 0 heterocycles. The Kier molecular flexibility index (Phi) is 7.25. The second kappa shape index (κ2) is 9.42. The molecule has 5 heteroatoms. The molecule has 0 aliphatic heterocycles. The fourth-order valence-corrected chi connectivity index (χ4v) is 3.01. The van der Waals surface area contributed by atoms with Crippen LogP contribution in [-0.4, -0.2) is 29.6 Å². The van der Waals surface area contributed by atoms with Gasteiger partial charge in [0.25, 0.3) is 5.91 Å². The fourth-order valence-electron chi connectivity index (χ4n) is 3.01. The van der Waals surface area contributed by atoms with Crippen LogP contribution in [-0.2, 0) is 4.79 Å². The molecule has 0 spiro atoms. The summed E-state index contributed by atoms with van der Waals surface area (Å²) >= 11 is 0. The summed E-state index contributed by atoms with van der Waals surface area (Å²) in [5, 5.41) is 15.2. The van der Waals surface area contributed by atoms with E-state index in [4.69, 9.17) is 0 Å². The van der Waals surface area contributed by atoms with E-state index in [0.29, 0.717) is 30.6 Å². The van der Waals surface area contributed by atoms with Crippen molar-refractivity contribution in [1.29, 1.82) is 0 Å². The van der Waals surface area contributed by atoms with Gasteiger partial charge < -0.3 is 15.7 Å². The minimum Gasteiger partial charge on any atom is -0.393 e. The Morgan fingerprint density at radius 3 is 2.71 bits per heavy atom. The number of carbonyl (C=O) groups excluding carboxylic acids is 2. The van der Waals surface area contributed by atoms with Crippen molar-refractivity contribution in [2.45, 2.75) is 58.0 Å². The van der Waals surface area contributed by atoms with Crippen LogP contribution in [0.3, 0.4) is 0 Å². The van der Waals surface area contributed by atoms with Gasteiger partial charge in [-0.05, 0) is 43.9 Å². The Morgan fingerprint density at radius 2 is 2.00 bits per heavy atom. The monoisotopic (exact) mass is 332 g/mol. The second-order valence-electron chi connectivity index (χ2n) is 6.51. The topological polar surface area (TPSA) is 78.4 Å². The number of rotatable bonds is 7. The van der Waals surface area contributed by atoms with Gasteiger partial charge in [0.05, 0.1) is 6.10 Å².